The summed E-state index contributed by atoms with van der Waals surface area (Å²) in [5.74, 6) is 0.297. The van der Waals surface area contributed by atoms with Crippen LogP contribution in [0.4, 0.5) is 0 Å². The monoisotopic (exact) mass is 320 g/mol. The van der Waals surface area contributed by atoms with Gasteiger partial charge in [-0.3, -0.25) is 4.79 Å². The van der Waals surface area contributed by atoms with Crippen LogP contribution in [0.3, 0.4) is 0 Å². The van der Waals surface area contributed by atoms with Crippen molar-refractivity contribution in [3.8, 4) is 0 Å². The van der Waals surface area contributed by atoms with Crippen molar-refractivity contribution in [2.24, 2.45) is 0 Å². The summed E-state index contributed by atoms with van der Waals surface area (Å²) in [6, 6.07) is 0. The fraction of sp³-hybridized carbons (Fsp3) is 0.500. The average molecular weight is 321 g/mol. The highest BCUT2D eigenvalue weighted by molar-refractivity contribution is 9.10. The first-order chi connectivity index (χ1) is 8.04. The van der Waals surface area contributed by atoms with Crippen molar-refractivity contribution in [3.05, 3.63) is 20.7 Å². The number of thioether (sulfide) groups is 1. The van der Waals surface area contributed by atoms with E-state index in [-0.39, 0.29) is 11.7 Å². The molecule has 0 radical (unpaired) electrons. The lowest BCUT2D eigenvalue weighted by Gasteiger charge is -2.04. The zero-order chi connectivity index (χ0) is 12.8. The van der Waals surface area contributed by atoms with Crippen LogP contribution in [0.5, 0.6) is 0 Å². The number of nitrogens with one attached hydrogen (secondary N) is 1. The van der Waals surface area contributed by atoms with Crippen LogP contribution in [-0.2, 0) is 9.53 Å². The molecule has 1 heterocycles. The van der Waals surface area contributed by atoms with Crippen molar-refractivity contribution in [2.45, 2.75) is 25.3 Å². The minimum Gasteiger partial charge on any atom is -0.466 e. The molecular weight excluding hydrogens is 308 g/mol. The van der Waals surface area contributed by atoms with E-state index < -0.39 is 0 Å². The molecule has 0 saturated carbocycles. The van der Waals surface area contributed by atoms with E-state index in [1.807, 2.05) is 0 Å². The molecule has 0 aliphatic rings. The molecule has 0 bridgehead atoms. The zero-order valence-electron chi connectivity index (χ0n) is 9.58. The fourth-order valence-corrected chi connectivity index (χ4v) is 2.53. The van der Waals surface area contributed by atoms with Crippen LogP contribution >= 0.6 is 27.7 Å². The third-order valence-corrected chi connectivity index (χ3v) is 4.07. The minimum atomic E-state index is -0.385. The predicted molar refractivity (Wildman–Crippen MR) is 69.3 cm³/mol. The molecule has 0 saturated heterocycles. The Labute approximate surface area is 111 Å². The van der Waals surface area contributed by atoms with E-state index in [4.69, 9.17) is 4.74 Å². The van der Waals surface area contributed by atoms with Gasteiger partial charge < -0.3 is 9.72 Å². The summed E-state index contributed by atoms with van der Waals surface area (Å²) in [6.45, 7) is 3.93. The molecule has 0 unspecified atom stereocenters. The summed E-state index contributed by atoms with van der Waals surface area (Å²) in [6.07, 6.45) is 0.304. The average Bonchev–Trinajstić information content (AvgIpc) is 2.25. The molecule has 94 valence electrons. The van der Waals surface area contributed by atoms with Crippen molar-refractivity contribution in [2.75, 3.05) is 12.4 Å². The van der Waals surface area contributed by atoms with Crippen LogP contribution in [0.2, 0.25) is 0 Å². The number of carbonyl (C=O) groups is 1. The maximum Gasteiger partial charge on any atom is 0.346 e. The molecule has 0 fully saturated rings. The summed E-state index contributed by atoms with van der Waals surface area (Å²) in [7, 11) is 0. The maximum absolute atomic E-state index is 11.2. The van der Waals surface area contributed by atoms with Gasteiger partial charge in [-0.2, -0.15) is 4.98 Å². The lowest BCUT2D eigenvalue weighted by Crippen LogP contribution is -2.13. The highest BCUT2D eigenvalue weighted by Gasteiger charge is 2.09. The van der Waals surface area contributed by atoms with E-state index in [1.165, 1.54) is 11.8 Å². The molecule has 5 nitrogen and oxygen atoms in total. The van der Waals surface area contributed by atoms with Gasteiger partial charge in [-0.1, -0.05) is 0 Å². The SMILES string of the molecule is CCOC(=O)CCSc1nc(=O)[nH]c(C)c1Br. The lowest BCUT2D eigenvalue weighted by atomic mass is 10.5. The first-order valence-corrected chi connectivity index (χ1v) is 6.87. The fourth-order valence-electron chi connectivity index (χ4n) is 1.10. The quantitative estimate of drug-likeness (QED) is 0.509. The standard InChI is InChI=1S/C10H13BrN2O3S/c1-3-16-7(14)4-5-17-9-8(11)6(2)12-10(15)13-9/h3-5H2,1-2H3,(H,12,13,15). The number of nitrogens with zero attached hydrogens (tertiary/aromatic N) is 1. The number of aromatic nitrogens is 2. The van der Waals surface area contributed by atoms with Crippen LogP contribution < -0.4 is 5.69 Å². The second-order valence-corrected chi connectivity index (χ2v) is 5.07. The molecular formula is C10H13BrN2O3S. The molecule has 0 atom stereocenters. The van der Waals surface area contributed by atoms with Gasteiger partial charge in [0.25, 0.3) is 0 Å². The summed E-state index contributed by atoms with van der Waals surface area (Å²) in [4.78, 5) is 28.7. The number of halogens is 1. The van der Waals surface area contributed by atoms with Gasteiger partial charge in [0, 0.05) is 11.4 Å². The Morgan fingerprint density at radius 3 is 2.94 bits per heavy atom. The summed E-state index contributed by atoms with van der Waals surface area (Å²) >= 11 is 4.69. The molecule has 0 spiro atoms. The van der Waals surface area contributed by atoms with Gasteiger partial charge in [0.2, 0.25) is 0 Å². The van der Waals surface area contributed by atoms with Gasteiger partial charge in [-0.25, -0.2) is 4.79 Å². The first-order valence-electron chi connectivity index (χ1n) is 5.09. The Balaban J connectivity index is 2.58. The van der Waals surface area contributed by atoms with Crippen molar-refractivity contribution >= 4 is 33.7 Å². The predicted octanol–water partition coefficient (Wildman–Crippen LogP) is 1.89. The van der Waals surface area contributed by atoms with Gasteiger partial charge in [0.15, 0.2) is 0 Å². The molecule has 0 amide bonds. The Morgan fingerprint density at radius 2 is 2.29 bits per heavy atom. The van der Waals surface area contributed by atoms with Crippen molar-refractivity contribution < 1.29 is 9.53 Å². The number of hydrogen-bond acceptors (Lipinski definition) is 5. The van der Waals surface area contributed by atoms with Gasteiger partial charge in [0.05, 0.1) is 17.5 Å². The summed E-state index contributed by atoms with van der Waals surface area (Å²) in [5, 5.41) is 0.593. The number of H-pyrrole nitrogens is 1. The number of hydrogen-bond donors (Lipinski definition) is 1. The molecule has 7 heteroatoms. The number of rotatable bonds is 5. The minimum absolute atomic E-state index is 0.238. The normalized spacial score (nSPS) is 10.3. The van der Waals surface area contributed by atoms with E-state index in [0.717, 1.165) is 10.2 Å². The molecule has 1 rings (SSSR count). The third kappa shape index (κ3) is 4.51. The second-order valence-electron chi connectivity index (χ2n) is 3.19. The molecule has 0 aliphatic heterocycles. The largest absolute Gasteiger partial charge is 0.466 e. The van der Waals surface area contributed by atoms with Gasteiger partial charge in [-0.05, 0) is 29.8 Å². The van der Waals surface area contributed by atoms with E-state index in [9.17, 15) is 9.59 Å². The van der Waals surface area contributed by atoms with E-state index in [0.29, 0.717) is 23.8 Å². The van der Waals surface area contributed by atoms with Crippen LogP contribution in [0, 0.1) is 6.92 Å². The Bertz CT molecular complexity index is 461. The molecule has 17 heavy (non-hydrogen) atoms. The molecule has 0 aromatic carbocycles. The first kappa shape index (κ1) is 14.2. The van der Waals surface area contributed by atoms with Crippen LogP contribution in [0.15, 0.2) is 14.3 Å². The zero-order valence-corrected chi connectivity index (χ0v) is 12.0. The van der Waals surface area contributed by atoms with E-state index in [1.54, 1.807) is 13.8 Å². The summed E-state index contributed by atoms with van der Waals surface area (Å²) < 4.78 is 5.56. The second kappa shape index (κ2) is 6.80. The molecule has 1 aromatic rings. The number of carbonyl (C=O) groups excluding carboxylic acids is 1. The molecule has 0 aliphatic carbocycles. The third-order valence-electron chi connectivity index (χ3n) is 1.86. The molecule has 1 aromatic heterocycles. The van der Waals surface area contributed by atoms with Gasteiger partial charge in [-0.15, -0.1) is 11.8 Å². The smallest absolute Gasteiger partial charge is 0.346 e. The molecule has 1 N–H and O–H groups in total. The summed E-state index contributed by atoms with van der Waals surface area (Å²) in [5.41, 5.74) is 0.341. The maximum atomic E-state index is 11.2. The Kier molecular flexibility index (Phi) is 5.70. The van der Waals surface area contributed by atoms with Gasteiger partial charge >= 0.3 is 11.7 Å². The Morgan fingerprint density at radius 1 is 1.59 bits per heavy atom. The van der Waals surface area contributed by atoms with Crippen LogP contribution in [0.25, 0.3) is 0 Å². The van der Waals surface area contributed by atoms with Crippen LogP contribution in [-0.4, -0.2) is 28.3 Å². The Hall–Kier alpha value is -0.820. The van der Waals surface area contributed by atoms with Crippen molar-refractivity contribution in [1.82, 2.24) is 9.97 Å². The van der Waals surface area contributed by atoms with Crippen molar-refractivity contribution in [1.29, 1.82) is 0 Å². The van der Waals surface area contributed by atoms with Crippen molar-refractivity contribution in [3.63, 3.8) is 0 Å². The topological polar surface area (TPSA) is 72.0 Å². The van der Waals surface area contributed by atoms with Crippen LogP contribution in [0.1, 0.15) is 19.0 Å². The lowest BCUT2D eigenvalue weighted by molar-refractivity contribution is -0.142. The highest BCUT2D eigenvalue weighted by Crippen LogP contribution is 2.26. The number of ether oxygens (including phenoxy) is 1. The van der Waals surface area contributed by atoms with E-state index >= 15 is 0 Å². The number of aromatic amines is 1. The number of aryl methyl sites for hydroxylation is 1. The highest BCUT2D eigenvalue weighted by atomic mass is 79.9. The van der Waals surface area contributed by atoms with Gasteiger partial charge in [0.1, 0.15) is 5.03 Å². The number of esters is 1. The van der Waals surface area contributed by atoms with E-state index in [2.05, 4.69) is 25.9 Å².